The molecule has 0 radical (unpaired) electrons. The molecule has 2 heteroatoms. The van der Waals surface area contributed by atoms with Crippen LogP contribution in [-0.4, -0.2) is 18.9 Å². The van der Waals surface area contributed by atoms with Crippen molar-refractivity contribution in [2.75, 3.05) is 0 Å². The second-order valence-corrected chi connectivity index (χ2v) is 3.60. The van der Waals surface area contributed by atoms with Gasteiger partial charge < -0.3 is 0 Å². The van der Waals surface area contributed by atoms with Crippen molar-refractivity contribution in [2.24, 2.45) is 0 Å². The van der Waals surface area contributed by atoms with Crippen molar-refractivity contribution in [3.63, 3.8) is 0 Å². The molecule has 2 heterocycles. The average Bonchev–Trinajstić information content (AvgIpc) is 2.15. The van der Waals surface area contributed by atoms with Crippen LogP contribution in [0.2, 0.25) is 0 Å². The van der Waals surface area contributed by atoms with Gasteiger partial charge in [0.05, 0.1) is 0 Å². The van der Waals surface area contributed by atoms with Crippen LogP contribution in [0.1, 0.15) is 0 Å². The molecular weight excluding hydrogens is 165 g/mol. The van der Waals surface area contributed by atoms with Crippen LogP contribution in [0.4, 0.5) is 0 Å². The van der Waals surface area contributed by atoms with Gasteiger partial charge in [0.1, 0.15) is 0 Å². The molecule has 0 spiro atoms. The number of hydrogen-bond donors (Lipinski definition) is 0. The predicted octanol–water partition coefficient (Wildman–Crippen LogP) is 0.996. The topological polar surface area (TPSA) is 4.41 Å². The van der Waals surface area contributed by atoms with E-state index in [1.54, 1.807) is 0 Å². The van der Waals surface area contributed by atoms with Crippen molar-refractivity contribution in [3.05, 3.63) is 29.5 Å². The molecule has 0 aliphatic carbocycles. The Morgan fingerprint density at radius 1 is 1.38 bits per heavy atom. The van der Waals surface area contributed by atoms with E-state index in [4.69, 9.17) is 0 Å². The first kappa shape index (κ1) is 4.42. The Balaban J connectivity index is 3.06. The van der Waals surface area contributed by atoms with Crippen LogP contribution in [0.3, 0.4) is 0 Å². The molecule has 0 aliphatic rings. The first-order valence-corrected chi connectivity index (χ1v) is 4.31. The fourth-order valence-corrected chi connectivity index (χ4v) is 2.30. The van der Waals surface area contributed by atoms with Gasteiger partial charge in [-0.3, -0.25) is 0 Å². The SMILES string of the molecule is c1cc2[se]ccn2c1. The van der Waals surface area contributed by atoms with E-state index in [0.29, 0.717) is 14.5 Å². The second-order valence-electron chi connectivity index (χ2n) is 1.66. The fourth-order valence-electron chi connectivity index (χ4n) is 0.767. The zero-order chi connectivity index (χ0) is 5.40. The van der Waals surface area contributed by atoms with Crippen molar-refractivity contribution < 1.29 is 0 Å². The molecule has 1 nitrogen and oxygen atoms in total. The van der Waals surface area contributed by atoms with Gasteiger partial charge in [-0.2, -0.15) is 0 Å². The molecular formula is C6H5NSe. The monoisotopic (exact) mass is 171 g/mol. The molecule has 0 unspecified atom stereocenters. The number of nitrogens with zero attached hydrogens (tertiary/aromatic N) is 1. The van der Waals surface area contributed by atoms with Crippen LogP contribution in [0.5, 0.6) is 0 Å². The molecule has 0 fully saturated rings. The quantitative estimate of drug-likeness (QED) is 0.519. The molecule has 0 aromatic carbocycles. The van der Waals surface area contributed by atoms with E-state index >= 15 is 0 Å². The van der Waals surface area contributed by atoms with E-state index in [9.17, 15) is 0 Å². The Morgan fingerprint density at radius 2 is 2.38 bits per heavy atom. The maximum atomic E-state index is 2.22. The molecule has 0 aliphatic heterocycles. The van der Waals surface area contributed by atoms with Gasteiger partial charge >= 0.3 is 52.8 Å². The molecule has 8 heavy (non-hydrogen) atoms. The Labute approximate surface area is 53.3 Å². The molecule has 2 aromatic rings. The number of rotatable bonds is 0. The van der Waals surface area contributed by atoms with Gasteiger partial charge in [0, 0.05) is 0 Å². The van der Waals surface area contributed by atoms with Crippen molar-refractivity contribution in [2.45, 2.75) is 0 Å². The Kier molecular flexibility index (Phi) is 0.833. The van der Waals surface area contributed by atoms with Crippen molar-refractivity contribution in [1.29, 1.82) is 0 Å². The summed E-state index contributed by atoms with van der Waals surface area (Å²) in [6, 6.07) is 4.25. The molecule has 0 amide bonds. The van der Waals surface area contributed by atoms with E-state index in [-0.39, 0.29) is 0 Å². The third-order valence-corrected chi connectivity index (χ3v) is 2.93. The average molecular weight is 170 g/mol. The summed E-state index contributed by atoms with van der Waals surface area (Å²) in [5, 5.41) is 0. The van der Waals surface area contributed by atoms with Gasteiger partial charge in [-0.25, -0.2) is 0 Å². The molecule has 0 N–H and O–H groups in total. The number of hydrogen-bond acceptors (Lipinski definition) is 0. The predicted molar refractivity (Wildman–Crippen MR) is 34.3 cm³/mol. The van der Waals surface area contributed by atoms with E-state index in [1.165, 1.54) is 4.39 Å². The molecule has 0 bridgehead atoms. The number of aromatic nitrogens is 1. The van der Waals surface area contributed by atoms with Crippen LogP contribution in [0, 0.1) is 0 Å². The first-order valence-electron chi connectivity index (χ1n) is 2.47. The summed E-state index contributed by atoms with van der Waals surface area (Å²) in [5.74, 6) is 0. The summed E-state index contributed by atoms with van der Waals surface area (Å²) >= 11 is 0.615. The van der Waals surface area contributed by atoms with Crippen LogP contribution >= 0.6 is 0 Å². The molecule has 0 saturated carbocycles. The van der Waals surface area contributed by atoms with E-state index < -0.39 is 0 Å². The Bertz CT molecular complexity index is 230. The zero-order valence-electron chi connectivity index (χ0n) is 4.24. The van der Waals surface area contributed by atoms with Gasteiger partial charge in [-0.15, -0.1) is 0 Å². The summed E-state index contributed by atoms with van der Waals surface area (Å²) in [7, 11) is 0. The first-order chi connectivity index (χ1) is 3.97. The molecule has 0 saturated heterocycles. The Morgan fingerprint density at radius 3 is 3.25 bits per heavy atom. The summed E-state index contributed by atoms with van der Waals surface area (Å²) in [4.78, 5) is 2.22. The standard InChI is InChI=1S/C6H5NSe/c1-2-6-7(3-1)4-5-8-6/h1-5H. The summed E-state index contributed by atoms with van der Waals surface area (Å²) in [6.07, 6.45) is 4.20. The van der Waals surface area contributed by atoms with E-state index in [1.807, 2.05) is 0 Å². The van der Waals surface area contributed by atoms with Gasteiger partial charge in [-0.1, -0.05) is 0 Å². The molecule has 2 rings (SSSR count). The molecule has 0 atom stereocenters. The van der Waals surface area contributed by atoms with Gasteiger partial charge in [0.15, 0.2) is 0 Å². The normalized spacial score (nSPS) is 10.5. The fraction of sp³-hybridized carbons (Fsp3) is 0. The minimum atomic E-state index is 0.615. The van der Waals surface area contributed by atoms with E-state index in [0.717, 1.165) is 0 Å². The van der Waals surface area contributed by atoms with Crippen LogP contribution < -0.4 is 0 Å². The number of fused-ring (bicyclic) bond motifs is 1. The maximum absolute atomic E-state index is 2.22. The second kappa shape index (κ2) is 1.51. The molecule has 40 valence electrons. The summed E-state index contributed by atoms with van der Waals surface area (Å²) in [5.41, 5.74) is 0. The van der Waals surface area contributed by atoms with Crippen molar-refractivity contribution in [3.8, 4) is 0 Å². The third-order valence-electron chi connectivity index (χ3n) is 1.15. The van der Waals surface area contributed by atoms with Crippen LogP contribution in [0.15, 0.2) is 29.5 Å². The van der Waals surface area contributed by atoms with Gasteiger partial charge in [0.2, 0.25) is 0 Å². The van der Waals surface area contributed by atoms with Crippen molar-refractivity contribution in [1.82, 2.24) is 4.40 Å². The summed E-state index contributed by atoms with van der Waals surface area (Å²) in [6.45, 7) is 0. The Hall–Kier alpha value is -0.461. The van der Waals surface area contributed by atoms with Crippen LogP contribution in [0.25, 0.3) is 4.39 Å². The summed E-state index contributed by atoms with van der Waals surface area (Å²) < 4.78 is 3.62. The zero-order valence-corrected chi connectivity index (χ0v) is 5.96. The minimum absolute atomic E-state index is 0.615. The van der Waals surface area contributed by atoms with Gasteiger partial charge in [0.25, 0.3) is 0 Å². The molecule has 2 aromatic heterocycles. The van der Waals surface area contributed by atoms with Crippen LogP contribution in [-0.2, 0) is 0 Å². The van der Waals surface area contributed by atoms with Crippen molar-refractivity contribution >= 4 is 18.9 Å². The third kappa shape index (κ3) is 0.473. The van der Waals surface area contributed by atoms with Gasteiger partial charge in [-0.05, 0) is 0 Å². The van der Waals surface area contributed by atoms with E-state index in [2.05, 4.69) is 33.9 Å².